The van der Waals surface area contributed by atoms with Gasteiger partial charge in [0.2, 0.25) is 0 Å². The number of esters is 2. The summed E-state index contributed by atoms with van der Waals surface area (Å²) in [5.74, 6) is -4.07. The number of unbranched alkanes of at least 4 members (excludes halogenated alkanes) is 14. The van der Waals surface area contributed by atoms with Crippen molar-refractivity contribution in [1.29, 1.82) is 0 Å². The van der Waals surface area contributed by atoms with Gasteiger partial charge in [-0.3, -0.25) is 19.2 Å². The van der Waals surface area contributed by atoms with E-state index in [4.69, 9.17) is 60.5 Å². The number of carboxylic acid groups (broad SMARTS) is 4. The molecular formula is C42H78CaO18. The molecule has 0 spiro atoms. The van der Waals surface area contributed by atoms with E-state index in [9.17, 15) is 28.8 Å². The van der Waals surface area contributed by atoms with Crippen LogP contribution in [0.15, 0.2) is 24.3 Å². The van der Waals surface area contributed by atoms with Gasteiger partial charge in [0.1, 0.15) is 13.2 Å². The molecule has 0 aliphatic carbocycles. The van der Waals surface area contributed by atoms with E-state index in [1.165, 1.54) is 13.8 Å². The van der Waals surface area contributed by atoms with Crippen LogP contribution >= 0.6 is 0 Å². The first-order chi connectivity index (χ1) is 28.3. The van der Waals surface area contributed by atoms with Crippen LogP contribution in [0, 0.1) is 10.8 Å². The Morgan fingerprint density at radius 3 is 0.672 bits per heavy atom. The predicted octanol–water partition coefficient (Wildman–Crippen LogP) is 3.34. The van der Waals surface area contributed by atoms with Crippen LogP contribution in [0.4, 0.5) is 0 Å². The van der Waals surface area contributed by atoms with Crippen molar-refractivity contribution in [3.63, 3.8) is 0 Å². The molecule has 0 unspecified atom stereocenters. The van der Waals surface area contributed by atoms with Gasteiger partial charge in [0.05, 0.1) is 50.5 Å². The Kier molecular flexibility index (Phi) is 50.1. The summed E-state index contributed by atoms with van der Waals surface area (Å²) in [4.78, 5) is 62.8. The second kappa shape index (κ2) is 45.3. The Hall–Kier alpha value is -2.68. The first-order valence-electron chi connectivity index (χ1n) is 20.5. The summed E-state index contributed by atoms with van der Waals surface area (Å²) in [5.41, 5.74) is -1.89. The average Bonchev–Trinajstić information content (AvgIpc) is 3.20. The van der Waals surface area contributed by atoms with Crippen molar-refractivity contribution < 1.29 is 89.3 Å². The van der Waals surface area contributed by atoms with Crippen LogP contribution < -0.4 is 0 Å². The van der Waals surface area contributed by atoms with Gasteiger partial charge in [-0.05, 0) is 39.5 Å². The third-order valence-electron chi connectivity index (χ3n) is 8.79. The number of aliphatic hydroxyl groups is 6. The first-order valence-corrected chi connectivity index (χ1v) is 20.5. The third kappa shape index (κ3) is 46.7. The zero-order valence-corrected chi connectivity index (χ0v) is 36.0. The zero-order chi connectivity index (χ0) is 46.8. The molecule has 0 bridgehead atoms. The van der Waals surface area contributed by atoms with E-state index in [1.54, 1.807) is 0 Å². The van der Waals surface area contributed by atoms with E-state index in [-0.39, 0.29) is 87.8 Å². The molecule has 0 radical (unpaired) electrons. The van der Waals surface area contributed by atoms with Gasteiger partial charge < -0.3 is 60.5 Å². The number of aliphatic hydroxyl groups excluding tert-OH is 6. The summed E-state index contributed by atoms with van der Waals surface area (Å²) >= 11 is 0. The SMILES string of the molecule is C=C(C)C(=O)OCC(CO)(CO)CO.C=C(C)C(=O)OCC(CO)(CO)CO.O=C(O)CCCCCCCCCCC(=O)O.O=C(O)CCCCCCCCCCC(=O)O.[CaH2]. The molecule has 356 valence electrons. The van der Waals surface area contributed by atoms with Gasteiger partial charge in [0.25, 0.3) is 0 Å². The molecule has 0 saturated carbocycles. The van der Waals surface area contributed by atoms with Gasteiger partial charge in [-0.1, -0.05) is 90.2 Å². The van der Waals surface area contributed by atoms with Crippen molar-refractivity contribution >= 4 is 73.6 Å². The molecule has 0 aliphatic rings. The van der Waals surface area contributed by atoms with E-state index in [0.717, 1.165) is 103 Å². The molecule has 19 heteroatoms. The molecule has 0 aromatic rings. The van der Waals surface area contributed by atoms with Gasteiger partial charge in [0.15, 0.2) is 0 Å². The summed E-state index contributed by atoms with van der Waals surface area (Å²) < 4.78 is 9.45. The molecule has 0 aromatic heterocycles. The van der Waals surface area contributed by atoms with Crippen LogP contribution in [0.25, 0.3) is 0 Å². The number of rotatable bonds is 34. The van der Waals surface area contributed by atoms with Crippen LogP contribution in [0.1, 0.15) is 142 Å². The van der Waals surface area contributed by atoms with Crippen LogP contribution in [-0.2, 0) is 38.2 Å². The fourth-order valence-corrected chi connectivity index (χ4v) is 4.48. The molecule has 61 heavy (non-hydrogen) atoms. The number of aliphatic carboxylic acids is 4. The number of hydrogen-bond acceptors (Lipinski definition) is 14. The summed E-state index contributed by atoms with van der Waals surface area (Å²) in [7, 11) is 0. The maximum absolute atomic E-state index is 11.0. The molecule has 10 N–H and O–H groups in total. The number of carbonyl (C=O) groups is 6. The van der Waals surface area contributed by atoms with Gasteiger partial charge in [0, 0.05) is 36.8 Å². The van der Waals surface area contributed by atoms with Gasteiger partial charge >= 0.3 is 73.6 Å². The molecule has 0 rings (SSSR count). The van der Waals surface area contributed by atoms with Crippen molar-refractivity contribution in [2.45, 2.75) is 142 Å². The van der Waals surface area contributed by atoms with E-state index < -0.39 is 86.3 Å². The summed E-state index contributed by atoms with van der Waals surface area (Å²) in [6.45, 7) is 6.52. The molecule has 0 heterocycles. The molecular weight excluding hydrogens is 833 g/mol. The Morgan fingerprint density at radius 1 is 0.377 bits per heavy atom. The predicted molar refractivity (Wildman–Crippen MR) is 230 cm³/mol. The minimum absolute atomic E-state index is 0. The normalized spacial score (nSPS) is 10.5. The van der Waals surface area contributed by atoms with Crippen LogP contribution in [0.5, 0.6) is 0 Å². The van der Waals surface area contributed by atoms with Crippen LogP contribution in [0.3, 0.4) is 0 Å². The van der Waals surface area contributed by atoms with E-state index in [0.29, 0.717) is 0 Å². The fourth-order valence-electron chi connectivity index (χ4n) is 4.48. The van der Waals surface area contributed by atoms with E-state index >= 15 is 0 Å². The summed E-state index contributed by atoms with van der Waals surface area (Å²) in [5, 5.41) is 87.0. The van der Waals surface area contributed by atoms with E-state index in [1.807, 2.05) is 0 Å². The third-order valence-corrected chi connectivity index (χ3v) is 8.79. The molecule has 0 amide bonds. The van der Waals surface area contributed by atoms with Gasteiger partial charge in [-0.25, -0.2) is 9.59 Å². The monoisotopic (exact) mass is 910 g/mol. The van der Waals surface area contributed by atoms with Gasteiger partial charge in [-0.2, -0.15) is 0 Å². The Bertz CT molecular complexity index is 1030. The van der Waals surface area contributed by atoms with Crippen molar-refractivity contribution in [3.8, 4) is 0 Å². The molecule has 0 saturated heterocycles. The molecule has 0 aliphatic heterocycles. The Labute approximate surface area is 391 Å². The number of carbonyl (C=O) groups excluding carboxylic acids is 2. The minimum atomic E-state index is -1.18. The Morgan fingerprint density at radius 2 is 0.541 bits per heavy atom. The van der Waals surface area contributed by atoms with E-state index in [2.05, 4.69) is 13.2 Å². The van der Waals surface area contributed by atoms with Crippen molar-refractivity contribution in [3.05, 3.63) is 24.3 Å². The van der Waals surface area contributed by atoms with Gasteiger partial charge in [-0.15, -0.1) is 0 Å². The Balaban J connectivity index is -0.000000228. The standard InChI is InChI=1S/2C12H22O4.2C9H16O5.Ca.2H/c2*13-11(14)9-7-5-3-1-2-4-6-8-10-12(15)16;2*1-7(2)8(13)14-6-9(3-10,4-11)5-12;;;/h2*1-10H2,(H,13,14)(H,15,16);2*10-12H,1,3-6H2,2H3;;;. The average molecular weight is 911 g/mol. The first kappa shape index (κ1) is 67.4. The van der Waals surface area contributed by atoms with Crippen molar-refractivity contribution in [1.82, 2.24) is 0 Å². The maximum atomic E-state index is 11.0. The molecule has 0 fully saturated rings. The fraction of sp³-hybridized carbons (Fsp3) is 0.762. The van der Waals surface area contributed by atoms with Crippen molar-refractivity contribution in [2.24, 2.45) is 10.8 Å². The second-order valence-corrected chi connectivity index (χ2v) is 14.9. The van der Waals surface area contributed by atoms with Crippen molar-refractivity contribution in [2.75, 3.05) is 52.9 Å². The number of carboxylic acids is 4. The van der Waals surface area contributed by atoms with Crippen LogP contribution in [0.2, 0.25) is 0 Å². The summed E-state index contributed by atoms with van der Waals surface area (Å²) in [6.07, 6.45) is 17.0. The summed E-state index contributed by atoms with van der Waals surface area (Å²) in [6, 6.07) is 0. The molecule has 0 aromatic carbocycles. The quantitative estimate of drug-likeness (QED) is 0.0192. The molecule has 18 nitrogen and oxygen atoms in total. The van der Waals surface area contributed by atoms with Crippen LogP contribution in [-0.4, -0.2) is 177 Å². The molecule has 0 atom stereocenters. The second-order valence-electron chi connectivity index (χ2n) is 14.9. The number of ether oxygens (including phenoxy) is 2. The topological polar surface area (TPSA) is 323 Å². The number of hydrogen-bond donors (Lipinski definition) is 10. The zero-order valence-electron chi connectivity index (χ0n) is 36.0.